The van der Waals surface area contributed by atoms with E-state index in [0.717, 1.165) is 5.56 Å². The van der Waals surface area contributed by atoms with Crippen LogP contribution in [0, 0.1) is 0 Å². The van der Waals surface area contributed by atoms with Gasteiger partial charge in [-0.2, -0.15) is 5.10 Å². The van der Waals surface area contributed by atoms with Crippen LogP contribution < -0.4 is 4.74 Å². The van der Waals surface area contributed by atoms with Crippen LogP contribution in [-0.4, -0.2) is 22.0 Å². The molecule has 0 fully saturated rings. The summed E-state index contributed by atoms with van der Waals surface area (Å²) >= 11 is 6.14. The summed E-state index contributed by atoms with van der Waals surface area (Å²) in [6.07, 6.45) is 1.34. The Morgan fingerprint density at radius 2 is 2.05 bits per heavy atom. The van der Waals surface area contributed by atoms with Crippen LogP contribution in [-0.2, 0) is 6.42 Å². The molecule has 4 nitrogen and oxygen atoms in total. The maximum Gasteiger partial charge on any atom is 0.162 e. The molecule has 1 heterocycles. The molecular weight excluding hydrogens is 276 g/mol. The van der Waals surface area contributed by atoms with E-state index in [4.69, 9.17) is 16.3 Å². The van der Waals surface area contributed by atoms with Crippen LogP contribution in [0.2, 0.25) is 5.02 Å². The fourth-order valence-electron chi connectivity index (χ4n) is 2.21. The first-order valence-electron chi connectivity index (χ1n) is 6.57. The van der Waals surface area contributed by atoms with Gasteiger partial charge in [0.1, 0.15) is 11.8 Å². The molecular formula is C15H19ClN2O2. The second kappa shape index (κ2) is 6.29. The average molecular weight is 295 g/mol. The largest absolute Gasteiger partial charge is 0.493 e. The Morgan fingerprint density at radius 3 is 2.65 bits per heavy atom. The van der Waals surface area contributed by atoms with Crippen LogP contribution in [0.1, 0.15) is 37.3 Å². The molecule has 5 heteroatoms. The minimum absolute atomic E-state index is 0.148. The zero-order valence-electron chi connectivity index (χ0n) is 11.9. The van der Waals surface area contributed by atoms with E-state index in [1.165, 1.54) is 0 Å². The van der Waals surface area contributed by atoms with Crippen LogP contribution in [0.4, 0.5) is 0 Å². The molecule has 0 amide bonds. The fraction of sp³-hybridized carbons (Fsp3) is 0.400. The number of ether oxygens (including phenoxy) is 1. The van der Waals surface area contributed by atoms with E-state index in [1.54, 1.807) is 18.0 Å². The third-order valence-electron chi connectivity index (χ3n) is 3.19. The van der Waals surface area contributed by atoms with Gasteiger partial charge in [0, 0.05) is 17.5 Å². The molecule has 1 unspecified atom stereocenters. The highest BCUT2D eigenvalue weighted by atomic mass is 35.5. The van der Waals surface area contributed by atoms with Gasteiger partial charge in [0.25, 0.3) is 0 Å². The van der Waals surface area contributed by atoms with E-state index < -0.39 is 6.10 Å². The summed E-state index contributed by atoms with van der Waals surface area (Å²) in [7, 11) is 1.58. The van der Waals surface area contributed by atoms with Gasteiger partial charge in [-0.15, -0.1) is 0 Å². The van der Waals surface area contributed by atoms with Gasteiger partial charge in [-0.3, -0.25) is 4.68 Å². The van der Waals surface area contributed by atoms with Crippen LogP contribution in [0.15, 0.2) is 30.5 Å². The van der Waals surface area contributed by atoms with Gasteiger partial charge in [-0.1, -0.05) is 29.8 Å². The van der Waals surface area contributed by atoms with Crippen molar-refractivity contribution in [2.24, 2.45) is 0 Å². The first-order valence-corrected chi connectivity index (χ1v) is 6.95. The van der Waals surface area contributed by atoms with Crippen LogP contribution in [0.25, 0.3) is 0 Å². The second-order valence-corrected chi connectivity index (χ2v) is 5.36. The maximum absolute atomic E-state index is 10.5. The lowest BCUT2D eigenvalue weighted by Crippen LogP contribution is -2.14. The Bertz CT molecular complexity index is 581. The zero-order chi connectivity index (χ0) is 14.7. The Hall–Kier alpha value is -1.52. The van der Waals surface area contributed by atoms with Crippen molar-refractivity contribution in [3.05, 3.63) is 46.7 Å². The number of nitrogens with zero attached hydrogens (tertiary/aromatic N) is 2. The number of benzene rings is 1. The van der Waals surface area contributed by atoms with Crippen molar-refractivity contribution in [3.63, 3.8) is 0 Å². The minimum Gasteiger partial charge on any atom is -0.493 e. The van der Waals surface area contributed by atoms with Crippen molar-refractivity contribution in [1.29, 1.82) is 0 Å². The number of aromatic nitrogens is 2. The standard InChI is InChI=1S/C15H19ClN2O2/c1-10(2)18-15(14(20-3)9-17-18)13(19)8-11-6-4-5-7-12(11)16/h4-7,9-10,13,19H,8H2,1-3H3. The van der Waals surface area contributed by atoms with Gasteiger partial charge in [0.15, 0.2) is 5.75 Å². The number of aliphatic hydroxyl groups excluding tert-OH is 1. The summed E-state index contributed by atoms with van der Waals surface area (Å²) in [5, 5.41) is 15.5. The smallest absolute Gasteiger partial charge is 0.162 e. The summed E-state index contributed by atoms with van der Waals surface area (Å²) in [5.74, 6) is 0.596. The first kappa shape index (κ1) is 14.9. The average Bonchev–Trinajstić information content (AvgIpc) is 2.85. The molecule has 0 aliphatic heterocycles. The van der Waals surface area contributed by atoms with Gasteiger partial charge in [0.05, 0.1) is 13.3 Å². The highest BCUT2D eigenvalue weighted by Gasteiger charge is 2.22. The van der Waals surface area contributed by atoms with Crippen molar-refractivity contribution in [2.45, 2.75) is 32.4 Å². The lowest BCUT2D eigenvalue weighted by molar-refractivity contribution is 0.160. The number of methoxy groups -OCH3 is 1. The van der Waals surface area contributed by atoms with Gasteiger partial charge < -0.3 is 9.84 Å². The Labute approximate surface area is 123 Å². The topological polar surface area (TPSA) is 47.3 Å². The maximum atomic E-state index is 10.5. The first-order chi connectivity index (χ1) is 9.54. The summed E-state index contributed by atoms with van der Waals surface area (Å²) in [5.41, 5.74) is 1.59. The van der Waals surface area contributed by atoms with E-state index in [1.807, 2.05) is 38.1 Å². The van der Waals surface area contributed by atoms with E-state index in [2.05, 4.69) is 5.10 Å². The number of rotatable bonds is 5. The van der Waals surface area contributed by atoms with Crippen molar-refractivity contribution in [3.8, 4) is 5.75 Å². The van der Waals surface area contributed by atoms with Crippen LogP contribution in [0.5, 0.6) is 5.75 Å². The van der Waals surface area contributed by atoms with E-state index in [9.17, 15) is 5.11 Å². The molecule has 0 saturated heterocycles. The molecule has 0 saturated carbocycles. The molecule has 1 N–H and O–H groups in total. The van der Waals surface area contributed by atoms with Crippen molar-refractivity contribution in [1.82, 2.24) is 9.78 Å². The monoisotopic (exact) mass is 294 g/mol. The van der Waals surface area contributed by atoms with Crippen LogP contribution >= 0.6 is 11.6 Å². The molecule has 20 heavy (non-hydrogen) atoms. The van der Waals surface area contributed by atoms with Crippen molar-refractivity contribution in [2.75, 3.05) is 7.11 Å². The van der Waals surface area contributed by atoms with Crippen LogP contribution in [0.3, 0.4) is 0 Å². The quantitative estimate of drug-likeness (QED) is 0.919. The zero-order valence-corrected chi connectivity index (χ0v) is 12.6. The minimum atomic E-state index is -0.713. The summed E-state index contributed by atoms with van der Waals surface area (Å²) in [6.45, 7) is 4.02. The fourth-order valence-corrected chi connectivity index (χ4v) is 2.42. The third-order valence-corrected chi connectivity index (χ3v) is 3.56. The Balaban J connectivity index is 2.31. The van der Waals surface area contributed by atoms with Gasteiger partial charge in [-0.25, -0.2) is 0 Å². The summed E-state index contributed by atoms with van der Waals surface area (Å²) in [4.78, 5) is 0. The van der Waals surface area contributed by atoms with Gasteiger partial charge >= 0.3 is 0 Å². The number of aliphatic hydroxyl groups is 1. The summed E-state index contributed by atoms with van der Waals surface area (Å²) < 4.78 is 7.07. The molecule has 0 aliphatic rings. The lowest BCUT2D eigenvalue weighted by atomic mass is 10.0. The molecule has 1 aromatic carbocycles. The van der Waals surface area contributed by atoms with Gasteiger partial charge in [-0.05, 0) is 25.5 Å². The molecule has 2 aromatic rings. The third kappa shape index (κ3) is 2.97. The normalized spacial score (nSPS) is 12.7. The molecule has 0 aliphatic carbocycles. The molecule has 108 valence electrons. The number of hydrogen-bond donors (Lipinski definition) is 1. The predicted octanol–water partition coefficient (Wildman–Crippen LogP) is 3.40. The molecule has 1 aromatic heterocycles. The Kier molecular flexibility index (Phi) is 4.68. The predicted molar refractivity (Wildman–Crippen MR) is 79.3 cm³/mol. The SMILES string of the molecule is COc1cnn(C(C)C)c1C(O)Cc1ccccc1Cl. The van der Waals surface area contributed by atoms with Crippen molar-refractivity contribution >= 4 is 11.6 Å². The molecule has 2 rings (SSSR count). The number of hydrogen-bond acceptors (Lipinski definition) is 3. The van der Waals surface area contributed by atoms with E-state index >= 15 is 0 Å². The lowest BCUT2D eigenvalue weighted by Gasteiger charge is -2.17. The highest BCUT2D eigenvalue weighted by molar-refractivity contribution is 6.31. The molecule has 0 radical (unpaired) electrons. The van der Waals surface area contributed by atoms with Crippen molar-refractivity contribution < 1.29 is 9.84 Å². The molecule has 0 bridgehead atoms. The van der Waals surface area contributed by atoms with Gasteiger partial charge in [0.2, 0.25) is 0 Å². The molecule has 1 atom stereocenters. The Morgan fingerprint density at radius 1 is 1.35 bits per heavy atom. The number of halogens is 1. The summed E-state index contributed by atoms with van der Waals surface area (Å²) in [6, 6.07) is 7.66. The second-order valence-electron chi connectivity index (χ2n) is 4.95. The van der Waals surface area contributed by atoms with E-state index in [-0.39, 0.29) is 6.04 Å². The molecule has 0 spiro atoms. The highest BCUT2D eigenvalue weighted by Crippen LogP contribution is 2.31. The van der Waals surface area contributed by atoms with E-state index in [0.29, 0.717) is 22.9 Å².